The summed E-state index contributed by atoms with van der Waals surface area (Å²) in [7, 11) is 1.88. The molecule has 106 valence electrons. The second-order valence-electron chi connectivity index (χ2n) is 5.20. The van der Waals surface area contributed by atoms with E-state index in [1.54, 1.807) is 0 Å². The maximum Gasteiger partial charge on any atom is 0.144 e. The fraction of sp³-hybridized carbons (Fsp3) is 0.375. The van der Waals surface area contributed by atoms with Crippen LogP contribution in [0.2, 0.25) is 0 Å². The minimum absolute atomic E-state index is 0.653. The number of rotatable bonds is 5. The van der Waals surface area contributed by atoms with Crippen LogP contribution in [0.3, 0.4) is 0 Å². The molecule has 20 heavy (non-hydrogen) atoms. The maximum absolute atomic E-state index is 4.73. The fourth-order valence-corrected chi connectivity index (χ4v) is 2.58. The van der Waals surface area contributed by atoms with Crippen LogP contribution in [-0.2, 0) is 6.42 Å². The first-order valence-corrected chi connectivity index (χ1v) is 7.70. The Balaban J connectivity index is 2.42. The Kier molecular flexibility index (Phi) is 5.12. The van der Waals surface area contributed by atoms with Gasteiger partial charge in [0.1, 0.15) is 11.6 Å². The molecule has 0 aliphatic rings. The molecule has 0 saturated carbocycles. The van der Waals surface area contributed by atoms with Crippen LogP contribution in [0.5, 0.6) is 0 Å². The van der Waals surface area contributed by atoms with E-state index < -0.39 is 0 Å². The van der Waals surface area contributed by atoms with Crippen molar-refractivity contribution in [2.45, 2.75) is 26.7 Å². The van der Waals surface area contributed by atoms with Gasteiger partial charge in [-0.1, -0.05) is 44.2 Å². The third kappa shape index (κ3) is 3.57. The van der Waals surface area contributed by atoms with E-state index in [0.29, 0.717) is 5.92 Å². The minimum atomic E-state index is 0.653. The molecule has 0 atom stereocenters. The summed E-state index contributed by atoms with van der Waals surface area (Å²) in [4.78, 5) is 9.30. The van der Waals surface area contributed by atoms with Crippen molar-refractivity contribution in [3.63, 3.8) is 0 Å². The molecule has 0 unspecified atom stereocenters. The number of anilines is 1. The average molecular weight is 334 g/mol. The molecule has 1 heterocycles. The lowest BCUT2D eigenvalue weighted by Crippen LogP contribution is -2.05. The largest absolute Gasteiger partial charge is 0.372 e. The van der Waals surface area contributed by atoms with Crippen LogP contribution < -0.4 is 5.32 Å². The van der Waals surface area contributed by atoms with Crippen LogP contribution in [0.25, 0.3) is 11.3 Å². The summed E-state index contributed by atoms with van der Waals surface area (Å²) in [6, 6.07) is 10.2. The molecular weight excluding hydrogens is 314 g/mol. The smallest absolute Gasteiger partial charge is 0.144 e. The number of hydrogen-bond donors (Lipinski definition) is 1. The van der Waals surface area contributed by atoms with Gasteiger partial charge in [0, 0.05) is 19.0 Å². The van der Waals surface area contributed by atoms with Gasteiger partial charge in [-0.05, 0) is 28.3 Å². The molecule has 4 heteroatoms. The summed E-state index contributed by atoms with van der Waals surface area (Å²) in [6.07, 6.45) is 2.00. The Morgan fingerprint density at radius 3 is 2.45 bits per heavy atom. The van der Waals surface area contributed by atoms with Gasteiger partial charge in [0.15, 0.2) is 0 Å². The van der Waals surface area contributed by atoms with Crippen LogP contribution in [-0.4, -0.2) is 17.0 Å². The Hall–Kier alpha value is -1.42. The highest BCUT2D eigenvalue weighted by Gasteiger charge is 2.13. The van der Waals surface area contributed by atoms with Crippen molar-refractivity contribution in [1.82, 2.24) is 9.97 Å². The van der Waals surface area contributed by atoms with Crippen molar-refractivity contribution >= 4 is 21.7 Å². The summed E-state index contributed by atoms with van der Waals surface area (Å²) in [5.41, 5.74) is 2.05. The molecule has 0 saturated heterocycles. The molecular formula is C16H20BrN3. The van der Waals surface area contributed by atoms with Crippen LogP contribution in [0.1, 0.15) is 26.1 Å². The van der Waals surface area contributed by atoms with Crippen LogP contribution in [0.15, 0.2) is 34.8 Å². The van der Waals surface area contributed by atoms with E-state index in [1.807, 2.05) is 25.2 Å². The van der Waals surface area contributed by atoms with Gasteiger partial charge in [-0.25, -0.2) is 9.97 Å². The lowest BCUT2D eigenvalue weighted by molar-refractivity contribution is 0.575. The summed E-state index contributed by atoms with van der Waals surface area (Å²) in [5.74, 6) is 2.39. The van der Waals surface area contributed by atoms with Gasteiger partial charge >= 0.3 is 0 Å². The Morgan fingerprint density at radius 1 is 1.15 bits per heavy atom. The summed E-state index contributed by atoms with van der Waals surface area (Å²) < 4.78 is 0.916. The summed E-state index contributed by atoms with van der Waals surface area (Å²) >= 11 is 3.60. The van der Waals surface area contributed by atoms with Gasteiger partial charge in [-0.3, -0.25) is 0 Å². The second kappa shape index (κ2) is 6.84. The third-order valence-electron chi connectivity index (χ3n) is 3.13. The zero-order valence-electron chi connectivity index (χ0n) is 12.2. The van der Waals surface area contributed by atoms with Crippen molar-refractivity contribution in [3.05, 3.63) is 40.6 Å². The van der Waals surface area contributed by atoms with Crippen LogP contribution >= 0.6 is 15.9 Å². The number of nitrogens with one attached hydrogen (secondary N) is 1. The quantitative estimate of drug-likeness (QED) is 0.872. The molecule has 2 rings (SSSR count). The predicted molar refractivity (Wildman–Crippen MR) is 87.9 cm³/mol. The lowest BCUT2D eigenvalue weighted by Gasteiger charge is -2.12. The predicted octanol–water partition coefficient (Wildman–Crippen LogP) is 4.54. The maximum atomic E-state index is 4.73. The zero-order valence-corrected chi connectivity index (χ0v) is 13.7. The fourth-order valence-electron chi connectivity index (χ4n) is 1.98. The van der Waals surface area contributed by atoms with Crippen molar-refractivity contribution in [2.24, 2.45) is 5.92 Å². The monoisotopic (exact) mass is 333 g/mol. The van der Waals surface area contributed by atoms with E-state index in [-0.39, 0.29) is 0 Å². The number of halogens is 1. The first-order valence-electron chi connectivity index (χ1n) is 6.91. The second-order valence-corrected chi connectivity index (χ2v) is 5.99. The molecule has 0 spiro atoms. The van der Waals surface area contributed by atoms with E-state index in [9.17, 15) is 0 Å². The molecule has 0 radical (unpaired) electrons. The van der Waals surface area contributed by atoms with Gasteiger partial charge < -0.3 is 5.32 Å². The molecule has 1 aromatic carbocycles. The van der Waals surface area contributed by atoms with Gasteiger partial charge in [0.25, 0.3) is 0 Å². The Bertz CT molecular complexity index is 567. The minimum Gasteiger partial charge on any atom is -0.372 e. The Labute approximate surface area is 129 Å². The van der Waals surface area contributed by atoms with E-state index in [2.05, 4.69) is 52.2 Å². The molecule has 0 amide bonds. The first kappa shape index (κ1) is 15.0. The topological polar surface area (TPSA) is 37.8 Å². The molecule has 0 aliphatic heterocycles. The molecule has 3 nitrogen and oxygen atoms in total. The molecule has 0 bridgehead atoms. The number of aryl methyl sites for hydroxylation is 1. The Morgan fingerprint density at radius 2 is 1.85 bits per heavy atom. The number of nitrogens with zero attached hydrogens (tertiary/aromatic N) is 2. The third-order valence-corrected chi connectivity index (χ3v) is 3.88. The molecule has 1 aromatic heterocycles. The van der Waals surface area contributed by atoms with Gasteiger partial charge in [-0.15, -0.1) is 0 Å². The van der Waals surface area contributed by atoms with Crippen LogP contribution in [0.4, 0.5) is 5.82 Å². The first-order chi connectivity index (χ1) is 9.61. The highest BCUT2D eigenvalue weighted by Crippen LogP contribution is 2.31. The van der Waals surface area contributed by atoms with E-state index >= 15 is 0 Å². The zero-order chi connectivity index (χ0) is 14.5. The number of hydrogen-bond acceptors (Lipinski definition) is 3. The van der Waals surface area contributed by atoms with Gasteiger partial charge in [0.05, 0.1) is 10.2 Å². The number of benzene rings is 1. The van der Waals surface area contributed by atoms with Crippen molar-refractivity contribution in [1.29, 1.82) is 0 Å². The standard InChI is InChI=1S/C16H20BrN3/c1-11(2)9-10-13-19-15(12-7-5-4-6-8-12)14(17)16(18-3)20-13/h4-8,11H,9-10H2,1-3H3,(H,18,19,20). The van der Waals surface area contributed by atoms with Crippen molar-refractivity contribution in [2.75, 3.05) is 12.4 Å². The SMILES string of the molecule is CNc1nc(CCC(C)C)nc(-c2ccccc2)c1Br. The number of aromatic nitrogens is 2. The van der Waals surface area contributed by atoms with E-state index in [0.717, 1.165) is 40.2 Å². The van der Waals surface area contributed by atoms with E-state index in [1.165, 1.54) is 0 Å². The molecule has 0 aliphatic carbocycles. The van der Waals surface area contributed by atoms with E-state index in [4.69, 9.17) is 4.98 Å². The highest BCUT2D eigenvalue weighted by atomic mass is 79.9. The summed E-state index contributed by atoms with van der Waals surface area (Å²) in [5, 5.41) is 3.14. The summed E-state index contributed by atoms with van der Waals surface area (Å²) in [6.45, 7) is 4.44. The lowest BCUT2D eigenvalue weighted by atomic mass is 10.1. The normalized spacial score (nSPS) is 10.8. The van der Waals surface area contributed by atoms with Gasteiger partial charge in [0.2, 0.25) is 0 Å². The molecule has 1 N–H and O–H groups in total. The molecule has 2 aromatic rings. The van der Waals surface area contributed by atoms with Gasteiger partial charge in [-0.2, -0.15) is 0 Å². The van der Waals surface area contributed by atoms with Crippen molar-refractivity contribution in [3.8, 4) is 11.3 Å². The van der Waals surface area contributed by atoms with Crippen LogP contribution in [0, 0.1) is 5.92 Å². The average Bonchev–Trinajstić information content (AvgIpc) is 2.47. The highest BCUT2D eigenvalue weighted by molar-refractivity contribution is 9.10. The van der Waals surface area contributed by atoms with Crippen molar-refractivity contribution < 1.29 is 0 Å². The molecule has 0 fully saturated rings.